The molecule has 2 rings (SSSR count). The van der Waals surface area contributed by atoms with E-state index in [0.717, 1.165) is 6.54 Å². The fraction of sp³-hybridized carbons (Fsp3) is 0.833. The molecule has 1 aromatic rings. The summed E-state index contributed by atoms with van der Waals surface area (Å²) in [5.41, 5.74) is 1.55. The van der Waals surface area contributed by atoms with Gasteiger partial charge < -0.3 is 5.32 Å². The molecule has 0 saturated heterocycles. The van der Waals surface area contributed by atoms with Crippen LogP contribution in [0.5, 0.6) is 0 Å². The van der Waals surface area contributed by atoms with Crippen LogP contribution in [0.15, 0.2) is 5.38 Å². The monoisotopic (exact) mass is 308 g/mol. The third-order valence-electron chi connectivity index (χ3n) is 4.60. The van der Waals surface area contributed by atoms with Crippen LogP contribution in [0.3, 0.4) is 0 Å². The van der Waals surface area contributed by atoms with E-state index in [1.54, 1.807) is 0 Å². The maximum atomic E-state index is 5.06. The van der Waals surface area contributed by atoms with E-state index < -0.39 is 0 Å². The third-order valence-corrected chi connectivity index (χ3v) is 5.65. The Morgan fingerprint density at radius 2 is 1.76 bits per heavy atom. The van der Waals surface area contributed by atoms with Gasteiger partial charge in [0.1, 0.15) is 5.01 Å². The van der Waals surface area contributed by atoms with Crippen molar-refractivity contribution in [2.75, 3.05) is 6.54 Å². The first kappa shape index (κ1) is 17.0. The van der Waals surface area contributed by atoms with Crippen molar-refractivity contribution < 1.29 is 0 Å². The summed E-state index contributed by atoms with van der Waals surface area (Å²) in [5.74, 6) is 0. The summed E-state index contributed by atoms with van der Waals surface area (Å²) in [6.07, 6.45) is 10.5. The van der Waals surface area contributed by atoms with E-state index in [4.69, 9.17) is 4.98 Å². The first-order chi connectivity index (χ1) is 9.98. The molecule has 1 aliphatic carbocycles. The van der Waals surface area contributed by atoms with Crippen LogP contribution < -0.4 is 5.32 Å². The molecule has 0 amide bonds. The lowest BCUT2D eigenvalue weighted by molar-refractivity contribution is 0.251. The summed E-state index contributed by atoms with van der Waals surface area (Å²) in [6, 6.07) is 0. The predicted molar refractivity (Wildman–Crippen MR) is 93.1 cm³/mol. The number of aromatic nitrogens is 1. The molecule has 0 bridgehead atoms. The van der Waals surface area contributed by atoms with E-state index in [1.807, 2.05) is 11.3 Å². The highest BCUT2D eigenvalue weighted by Crippen LogP contribution is 2.38. The Bertz CT molecular complexity index is 417. The largest absolute Gasteiger partial charge is 0.305 e. The molecule has 1 aromatic heterocycles. The van der Waals surface area contributed by atoms with Crippen LogP contribution in [0, 0.1) is 0 Å². The Labute approximate surface area is 134 Å². The Kier molecular flexibility index (Phi) is 5.84. The number of hydrogen-bond acceptors (Lipinski definition) is 3. The quantitative estimate of drug-likeness (QED) is 0.807. The van der Waals surface area contributed by atoms with Crippen molar-refractivity contribution in [3.05, 3.63) is 16.1 Å². The van der Waals surface area contributed by atoms with Crippen molar-refractivity contribution in [2.24, 2.45) is 0 Å². The van der Waals surface area contributed by atoms with E-state index in [0.29, 0.717) is 0 Å². The van der Waals surface area contributed by atoms with E-state index in [9.17, 15) is 0 Å². The van der Waals surface area contributed by atoms with Gasteiger partial charge in [-0.05, 0) is 25.8 Å². The summed E-state index contributed by atoms with van der Waals surface area (Å²) in [4.78, 5) is 5.06. The van der Waals surface area contributed by atoms with Crippen LogP contribution in [0.25, 0.3) is 0 Å². The summed E-state index contributed by atoms with van der Waals surface area (Å²) in [6.45, 7) is 10.1. The summed E-state index contributed by atoms with van der Waals surface area (Å²) in [5, 5.41) is 7.50. The third kappa shape index (κ3) is 4.29. The lowest BCUT2D eigenvalue weighted by Gasteiger charge is -2.35. The normalized spacial score (nSPS) is 20.0. The molecule has 0 spiro atoms. The molecule has 21 heavy (non-hydrogen) atoms. The summed E-state index contributed by atoms with van der Waals surface area (Å²) >= 11 is 1.87. The van der Waals surface area contributed by atoms with Crippen molar-refractivity contribution in [2.45, 2.75) is 90.0 Å². The Morgan fingerprint density at radius 1 is 1.14 bits per heavy atom. The van der Waals surface area contributed by atoms with Crippen molar-refractivity contribution in [1.82, 2.24) is 10.3 Å². The standard InChI is InChI=1S/C18H32N2S/c1-5-13-19-18(11-9-7-6-8-10-12-18)16-20-15(14-21-16)17(2,3)4/h14,19H,5-13H2,1-4H3. The van der Waals surface area contributed by atoms with Gasteiger partial charge in [-0.15, -0.1) is 11.3 Å². The second kappa shape index (κ2) is 7.23. The minimum Gasteiger partial charge on any atom is -0.305 e. The van der Waals surface area contributed by atoms with Gasteiger partial charge in [0, 0.05) is 10.8 Å². The van der Waals surface area contributed by atoms with E-state index >= 15 is 0 Å². The minimum absolute atomic E-state index is 0.143. The van der Waals surface area contributed by atoms with E-state index in [2.05, 4.69) is 38.4 Å². The van der Waals surface area contributed by atoms with Crippen molar-refractivity contribution >= 4 is 11.3 Å². The fourth-order valence-electron chi connectivity index (χ4n) is 3.18. The number of rotatable bonds is 4. The predicted octanol–water partition coefficient (Wildman–Crippen LogP) is 5.38. The van der Waals surface area contributed by atoms with Crippen LogP contribution in [-0.2, 0) is 11.0 Å². The van der Waals surface area contributed by atoms with E-state index in [-0.39, 0.29) is 11.0 Å². The van der Waals surface area contributed by atoms with Crippen LogP contribution in [0.4, 0.5) is 0 Å². The van der Waals surface area contributed by atoms with Gasteiger partial charge >= 0.3 is 0 Å². The number of nitrogens with zero attached hydrogens (tertiary/aromatic N) is 1. The lowest BCUT2D eigenvalue weighted by Crippen LogP contribution is -2.43. The fourth-order valence-corrected chi connectivity index (χ4v) is 4.46. The first-order valence-corrected chi connectivity index (χ1v) is 9.57. The van der Waals surface area contributed by atoms with E-state index in [1.165, 1.54) is 62.1 Å². The molecule has 1 saturated carbocycles. The molecule has 0 unspecified atom stereocenters. The molecule has 2 nitrogen and oxygen atoms in total. The highest BCUT2D eigenvalue weighted by Gasteiger charge is 2.35. The average molecular weight is 309 g/mol. The second-order valence-corrected chi connectivity index (χ2v) is 8.42. The lowest BCUT2D eigenvalue weighted by atomic mass is 9.84. The molecule has 1 N–H and O–H groups in total. The molecule has 0 aromatic carbocycles. The number of thiazole rings is 1. The van der Waals surface area contributed by atoms with Crippen molar-refractivity contribution in [3.8, 4) is 0 Å². The average Bonchev–Trinajstić information content (AvgIpc) is 2.88. The Hall–Kier alpha value is -0.410. The zero-order chi connectivity index (χ0) is 15.3. The molecule has 3 heteroatoms. The summed E-state index contributed by atoms with van der Waals surface area (Å²) in [7, 11) is 0. The molecular formula is C18H32N2S. The molecule has 1 heterocycles. The molecule has 0 aliphatic heterocycles. The maximum Gasteiger partial charge on any atom is 0.113 e. The maximum absolute atomic E-state index is 5.06. The summed E-state index contributed by atoms with van der Waals surface area (Å²) < 4.78 is 0. The molecule has 120 valence electrons. The van der Waals surface area contributed by atoms with Crippen LogP contribution in [0.1, 0.15) is 89.8 Å². The van der Waals surface area contributed by atoms with Gasteiger partial charge in [-0.25, -0.2) is 4.98 Å². The van der Waals surface area contributed by atoms with Crippen LogP contribution >= 0.6 is 11.3 Å². The van der Waals surface area contributed by atoms with Crippen molar-refractivity contribution in [3.63, 3.8) is 0 Å². The topological polar surface area (TPSA) is 24.9 Å². The first-order valence-electron chi connectivity index (χ1n) is 8.69. The van der Waals surface area contributed by atoms with Crippen LogP contribution in [0.2, 0.25) is 0 Å². The minimum atomic E-state index is 0.143. The molecule has 0 radical (unpaired) electrons. The second-order valence-electron chi connectivity index (χ2n) is 7.56. The molecule has 0 atom stereocenters. The highest BCUT2D eigenvalue weighted by atomic mass is 32.1. The highest BCUT2D eigenvalue weighted by molar-refractivity contribution is 7.09. The molecule has 1 fully saturated rings. The molecular weight excluding hydrogens is 276 g/mol. The zero-order valence-corrected chi connectivity index (χ0v) is 15.1. The van der Waals surface area contributed by atoms with Gasteiger partial charge in [-0.3, -0.25) is 0 Å². The van der Waals surface area contributed by atoms with Gasteiger partial charge in [0.05, 0.1) is 11.2 Å². The number of hydrogen-bond donors (Lipinski definition) is 1. The van der Waals surface area contributed by atoms with Crippen molar-refractivity contribution in [1.29, 1.82) is 0 Å². The van der Waals surface area contributed by atoms with Crippen LogP contribution in [-0.4, -0.2) is 11.5 Å². The Balaban J connectivity index is 2.26. The van der Waals surface area contributed by atoms with Gasteiger partial charge in [-0.2, -0.15) is 0 Å². The van der Waals surface area contributed by atoms with Gasteiger partial charge in [0.2, 0.25) is 0 Å². The molecule has 1 aliphatic rings. The smallest absolute Gasteiger partial charge is 0.113 e. The number of nitrogens with one attached hydrogen (secondary N) is 1. The van der Waals surface area contributed by atoms with Gasteiger partial charge in [0.15, 0.2) is 0 Å². The SMILES string of the molecule is CCCNC1(c2nc(C(C)(C)C)cs2)CCCCCCC1. The Morgan fingerprint density at radius 3 is 2.29 bits per heavy atom. The van der Waals surface area contributed by atoms with Gasteiger partial charge in [-0.1, -0.05) is 59.8 Å². The van der Waals surface area contributed by atoms with Gasteiger partial charge in [0.25, 0.3) is 0 Å². The zero-order valence-electron chi connectivity index (χ0n) is 14.3.